The van der Waals surface area contributed by atoms with Crippen LogP contribution in [-0.4, -0.2) is 0 Å². The first-order chi connectivity index (χ1) is 23.6. The topological polar surface area (TPSA) is 26.3 Å². The molecule has 6 aromatic carbocycles. The van der Waals surface area contributed by atoms with E-state index in [9.17, 15) is 0 Å². The van der Waals surface area contributed by atoms with Gasteiger partial charge in [0.1, 0.15) is 11.2 Å². The Morgan fingerprint density at radius 3 is 1.40 bits per heavy atom. The van der Waals surface area contributed by atoms with Gasteiger partial charge in [0.15, 0.2) is 0 Å². The second-order valence-electron chi connectivity index (χ2n) is 14.3. The molecule has 2 aliphatic rings. The predicted molar refractivity (Wildman–Crippen MR) is 203 cm³/mol. The molecule has 0 saturated heterocycles. The fourth-order valence-corrected chi connectivity index (χ4v) is 10.9. The van der Waals surface area contributed by atoms with E-state index in [1.54, 1.807) is 0 Å². The molecule has 9 rings (SSSR count). The Morgan fingerprint density at radius 1 is 0.479 bits per heavy atom. The van der Waals surface area contributed by atoms with Crippen LogP contribution < -0.4 is 0 Å². The molecule has 0 bridgehead atoms. The summed E-state index contributed by atoms with van der Waals surface area (Å²) in [6.07, 6.45) is 9.57. The number of fused-ring (bicyclic) bond motifs is 9. The van der Waals surface area contributed by atoms with Crippen molar-refractivity contribution < 1.29 is 8.39 Å². The lowest BCUT2D eigenvalue weighted by atomic mass is 9.84. The molecule has 0 N–H and O–H groups in total. The zero-order valence-electron chi connectivity index (χ0n) is 28.0. The maximum Gasteiger partial charge on any atom is 0.221 e. The molecule has 1 heterocycles. The summed E-state index contributed by atoms with van der Waals surface area (Å²) in [6.45, 7) is 4.79. The largest absolute Gasteiger partial charge is 0.419 e. The number of aryl methyl sites for hydroxylation is 4. The minimum atomic E-state index is -1.37. The van der Waals surface area contributed by atoms with E-state index in [4.69, 9.17) is 8.39 Å². The normalized spacial score (nSPS) is 15.9. The van der Waals surface area contributed by atoms with E-state index in [0.717, 1.165) is 36.8 Å². The van der Waals surface area contributed by atoms with Gasteiger partial charge in [-0.2, -0.15) is 0 Å². The van der Waals surface area contributed by atoms with Crippen molar-refractivity contribution in [2.75, 3.05) is 0 Å². The maximum atomic E-state index is 7.36. The Labute approximate surface area is 284 Å². The molecule has 240 valence electrons. The highest BCUT2D eigenvalue weighted by atomic mass is 31.1. The van der Waals surface area contributed by atoms with E-state index < -0.39 is 8.01 Å². The molecule has 3 heteroatoms. The third-order valence-corrected chi connectivity index (χ3v) is 13.6. The van der Waals surface area contributed by atoms with Gasteiger partial charge in [-0.15, -0.1) is 0 Å². The van der Waals surface area contributed by atoms with Crippen LogP contribution in [0.25, 0.3) is 43.5 Å². The molecule has 0 aliphatic heterocycles. The molecular formula is C45H43O2P. The van der Waals surface area contributed by atoms with Gasteiger partial charge in [-0.25, -0.2) is 0 Å². The van der Waals surface area contributed by atoms with Crippen molar-refractivity contribution in [3.8, 4) is 0 Å². The molecule has 0 spiro atoms. The van der Waals surface area contributed by atoms with E-state index in [0.29, 0.717) is 0 Å². The van der Waals surface area contributed by atoms with Gasteiger partial charge < -0.3 is 8.39 Å². The van der Waals surface area contributed by atoms with E-state index in [1.165, 1.54) is 91.4 Å². The molecule has 0 saturated carbocycles. The number of rotatable bonds is 5. The smallest absolute Gasteiger partial charge is 0.221 e. The summed E-state index contributed by atoms with van der Waals surface area (Å²) in [4.78, 5) is 0. The van der Waals surface area contributed by atoms with Crippen molar-refractivity contribution >= 4 is 51.5 Å². The van der Waals surface area contributed by atoms with E-state index in [1.807, 2.05) is 0 Å². The summed E-state index contributed by atoms with van der Waals surface area (Å²) in [7, 11) is -1.37. The molecule has 2 aliphatic carbocycles. The number of hydrogen-bond donors (Lipinski definition) is 0. The Morgan fingerprint density at radius 2 is 0.917 bits per heavy atom. The summed E-state index contributed by atoms with van der Waals surface area (Å²) >= 11 is 0. The molecule has 7 aromatic rings. The first-order valence-electron chi connectivity index (χ1n) is 18.0. The van der Waals surface area contributed by atoms with Gasteiger partial charge in [-0.3, -0.25) is 0 Å². The second-order valence-corrected chi connectivity index (χ2v) is 15.8. The third-order valence-electron chi connectivity index (χ3n) is 11.5. The summed E-state index contributed by atoms with van der Waals surface area (Å²) < 4.78 is 14.7. The average molecular weight is 647 g/mol. The molecule has 1 aromatic heterocycles. The Hall–Kier alpha value is -4.26. The highest BCUT2D eigenvalue weighted by Gasteiger charge is 2.33. The van der Waals surface area contributed by atoms with Crippen LogP contribution >= 0.6 is 8.01 Å². The van der Waals surface area contributed by atoms with Gasteiger partial charge >= 0.3 is 0 Å². The molecular weight excluding hydrogens is 603 g/mol. The standard InChI is InChI=1S/C45H43O2P/c1-29(35-21-19-31-11-3-5-15-37(31)27-35)45(30(2)36-22-20-32-12-4-6-16-38(32)28-36)48-46-41-25-23-33-13-7-9-17-39(33)43(41)44-40-18-10-8-14-34(40)24-26-42(44)47-48/h3-6,11-12,15-16,19-30,45H,7-10,13-14,17-18H2,1-2H3/t29-,30-/m0/s1. The quantitative estimate of drug-likeness (QED) is 0.186. The lowest BCUT2D eigenvalue weighted by molar-refractivity contribution is 0.513. The predicted octanol–water partition coefficient (Wildman–Crippen LogP) is 13.5. The summed E-state index contributed by atoms with van der Waals surface area (Å²) in [5.41, 5.74) is 10.8. The highest BCUT2D eigenvalue weighted by Crippen LogP contribution is 2.57. The lowest BCUT2D eigenvalue weighted by Crippen LogP contribution is -2.11. The Balaban J connectivity index is 1.31. The summed E-state index contributed by atoms with van der Waals surface area (Å²) in [5.74, 6) is 0.393. The van der Waals surface area contributed by atoms with Crippen molar-refractivity contribution in [3.63, 3.8) is 0 Å². The Kier molecular flexibility index (Phi) is 7.66. The van der Waals surface area contributed by atoms with Crippen molar-refractivity contribution in [2.24, 2.45) is 0 Å². The van der Waals surface area contributed by atoms with Gasteiger partial charge in [0, 0.05) is 10.8 Å². The first kappa shape index (κ1) is 29.8. The zero-order valence-corrected chi connectivity index (χ0v) is 28.9. The van der Waals surface area contributed by atoms with E-state index in [-0.39, 0.29) is 17.5 Å². The fraction of sp³-hybridized carbons (Fsp3) is 0.289. The molecule has 48 heavy (non-hydrogen) atoms. The van der Waals surface area contributed by atoms with Crippen molar-refractivity contribution in [3.05, 3.63) is 143 Å². The highest BCUT2D eigenvalue weighted by molar-refractivity contribution is 7.37. The van der Waals surface area contributed by atoms with Crippen LogP contribution in [0.1, 0.15) is 90.4 Å². The van der Waals surface area contributed by atoms with E-state index in [2.05, 4.69) is 123 Å². The van der Waals surface area contributed by atoms with Crippen LogP contribution in [0.4, 0.5) is 0 Å². The molecule has 0 radical (unpaired) electrons. The number of benzene rings is 6. The summed E-state index contributed by atoms with van der Waals surface area (Å²) in [6, 6.07) is 40.7. The van der Waals surface area contributed by atoms with Gasteiger partial charge in [-0.1, -0.05) is 111 Å². The molecule has 0 amide bonds. The van der Waals surface area contributed by atoms with Gasteiger partial charge in [0.25, 0.3) is 0 Å². The van der Waals surface area contributed by atoms with Crippen molar-refractivity contribution in [1.82, 2.24) is 0 Å². The minimum Gasteiger partial charge on any atom is -0.419 e. The van der Waals surface area contributed by atoms with Crippen LogP contribution in [0, 0.1) is 0 Å². The van der Waals surface area contributed by atoms with Crippen LogP contribution in [0.3, 0.4) is 0 Å². The van der Waals surface area contributed by atoms with Crippen LogP contribution in [-0.2, 0) is 25.7 Å². The average Bonchev–Trinajstić information content (AvgIpc) is 3.31. The zero-order chi connectivity index (χ0) is 32.2. The molecule has 0 fully saturated rings. The van der Waals surface area contributed by atoms with E-state index >= 15 is 0 Å². The first-order valence-corrected chi connectivity index (χ1v) is 19.3. The SMILES string of the molecule is C[C@@H](c1ccc2ccccc2c1)C([C@@H](C)c1ccc2ccccc2c1)p1oc2ccc3c(c2c2c4c(ccc2o1)CCCC4)CCCC3. The fourth-order valence-electron chi connectivity index (χ4n) is 8.82. The van der Waals surface area contributed by atoms with Crippen molar-refractivity contribution in [2.45, 2.75) is 82.7 Å². The molecule has 2 nitrogen and oxygen atoms in total. The van der Waals surface area contributed by atoms with Gasteiger partial charge in [0.05, 0.1) is 5.66 Å². The minimum absolute atomic E-state index is 0.105. The lowest BCUT2D eigenvalue weighted by Gasteiger charge is -2.28. The second kappa shape index (κ2) is 12.3. The monoisotopic (exact) mass is 646 g/mol. The molecule has 0 unspecified atom stereocenters. The van der Waals surface area contributed by atoms with Gasteiger partial charge in [-0.05, 0) is 130 Å². The van der Waals surface area contributed by atoms with Crippen molar-refractivity contribution in [1.29, 1.82) is 0 Å². The third kappa shape index (κ3) is 5.17. The molecule has 2 atom stereocenters. The summed E-state index contributed by atoms with van der Waals surface area (Å²) in [5, 5.41) is 7.78. The van der Waals surface area contributed by atoms with Gasteiger partial charge in [0.2, 0.25) is 8.01 Å². The van der Waals surface area contributed by atoms with Crippen LogP contribution in [0.15, 0.2) is 118 Å². The number of hydrogen-bond acceptors (Lipinski definition) is 2. The maximum absolute atomic E-state index is 7.36. The van der Waals surface area contributed by atoms with Crippen LogP contribution in [0.5, 0.6) is 0 Å². The Bertz CT molecular complexity index is 2200. The van der Waals surface area contributed by atoms with Crippen LogP contribution in [0.2, 0.25) is 0 Å².